The van der Waals surface area contributed by atoms with Gasteiger partial charge in [-0.25, -0.2) is 22.2 Å². The molecule has 2 aromatic heterocycles. The fourth-order valence-corrected chi connectivity index (χ4v) is 6.39. The van der Waals surface area contributed by atoms with Gasteiger partial charge in [-0.3, -0.25) is 4.79 Å². The number of sulfone groups is 1. The minimum atomic E-state index is -3.91. The summed E-state index contributed by atoms with van der Waals surface area (Å²) in [6.07, 6.45) is 4.32. The van der Waals surface area contributed by atoms with Gasteiger partial charge in [0.2, 0.25) is 0 Å². The van der Waals surface area contributed by atoms with Crippen LogP contribution < -0.4 is 9.47 Å². The molecular weight excluding hydrogens is 568 g/mol. The lowest BCUT2D eigenvalue weighted by Gasteiger charge is -2.21. The van der Waals surface area contributed by atoms with Gasteiger partial charge < -0.3 is 24.5 Å². The molecule has 0 saturated carbocycles. The third kappa shape index (κ3) is 4.67. The van der Waals surface area contributed by atoms with Crippen molar-refractivity contribution in [2.45, 2.75) is 30.1 Å². The van der Waals surface area contributed by atoms with Crippen molar-refractivity contribution < 1.29 is 36.6 Å². The van der Waals surface area contributed by atoms with Gasteiger partial charge >= 0.3 is 5.97 Å². The van der Waals surface area contributed by atoms with Crippen molar-refractivity contribution in [3.05, 3.63) is 89.4 Å². The number of rotatable bonds is 8. The quantitative estimate of drug-likeness (QED) is 0.209. The summed E-state index contributed by atoms with van der Waals surface area (Å²) in [5.41, 5.74) is 1.92. The van der Waals surface area contributed by atoms with E-state index in [4.69, 9.17) is 14.6 Å². The van der Waals surface area contributed by atoms with E-state index in [-0.39, 0.29) is 40.4 Å². The first-order valence-corrected chi connectivity index (χ1v) is 14.8. The Kier molecular flexibility index (Phi) is 6.53. The van der Waals surface area contributed by atoms with Crippen LogP contribution in [0, 0.1) is 11.6 Å². The molecule has 0 radical (unpaired) electrons. The highest BCUT2D eigenvalue weighted by Crippen LogP contribution is 2.45. The number of H-pyrrole nitrogens is 2. The number of imidazole rings is 1. The minimum absolute atomic E-state index is 0.00636. The van der Waals surface area contributed by atoms with E-state index in [1.807, 2.05) is 25.1 Å². The Morgan fingerprint density at radius 2 is 1.98 bits per heavy atom. The Bertz CT molecular complexity index is 1980. The van der Waals surface area contributed by atoms with Gasteiger partial charge in [0.15, 0.2) is 21.4 Å². The molecule has 0 fully saturated rings. The molecule has 42 heavy (non-hydrogen) atoms. The predicted octanol–water partition coefficient (Wildman–Crippen LogP) is 5.75. The van der Waals surface area contributed by atoms with E-state index in [1.54, 1.807) is 6.20 Å². The first kappa shape index (κ1) is 27.5. The number of aryl methyl sites for hydroxylation is 1. The van der Waals surface area contributed by atoms with E-state index < -0.39 is 38.6 Å². The van der Waals surface area contributed by atoms with Crippen LogP contribution in [-0.4, -0.2) is 47.3 Å². The van der Waals surface area contributed by atoms with E-state index in [1.165, 1.54) is 24.4 Å². The molecule has 1 aliphatic rings. The number of hydrogen-bond acceptors (Lipinski definition) is 6. The number of carboxylic acids is 1. The SMILES string of the molecule is C[C@@]1(c2cnc(-c3cc(Oc4c(F)cc5[nH]ccc5c4S(C)(=O)=O)ccc3F)[nH]2)COc2c(CCC(=O)O)cccc21. The largest absolute Gasteiger partial charge is 0.492 e. The van der Waals surface area contributed by atoms with Crippen LogP contribution in [0.4, 0.5) is 8.78 Å². The highest BCUT2D eigenvalue weighted by molar-refractivity contribution is 7.91. The summed E-state index contributed by atoms with van der Waals surface area (Å²) in [5, 5.41) is 9.36. The van der Waals surface area contributed by atoms with Crippen molar-refractivity contribution in [1.29, 1.82) is 0 Å². The average Bonchev–Trinajstić information content (AvgIpc) is 3.68. The second-order valence-corrected chi connectivity index (χ2v) is 12.4. The smallest absolute Gasteiger partial charge is 0.303 e. The van der Waals surface area contributed by atoms with Crippen molar-refractivity contribution >= 4 is 26.7 Å². The molecule has 0 unspecified atom stereocenters. The number of nitrogens with one attached hydrogen (secondary N) is 2. The zero-order valence-electron chi connectivity index (χ0n) is 22.5. The van der Waals surface area contributed by atoms with Crippen LogP contribution in [0.2, 0.25) is 0 Å². The highest BCUT2D eigenvalue weighted by atomic mass is 32.2. The van der Waals surface area contributed by atoms with Crippen molar-refractivity contribution in [2.75, 3.05) is 12.9 Å². The van der Waals surface area contributed by atoms with Crippen molar-refractivity contribution in [3.63, 3.8) is 0 Å². The number of aromatic nitrogens is 3. The number of carboxylic acid groups (broad SMARTS) is 1. The number of benzene rings is 3. The molecule has 0 aliphatic carbocycles. The van der Waals surface area contributed by atoms with Crippen molar-refractivity contribution in [2.24, 2.45) is 0 Å². The first-order chi connectivity index (χ1) is 20.0. The van der Waals surface area contributed by atoms with Crippen molar-refractivity contribution in [1.82, 2.24) is 15.0 Å². The van der Waals surface area contributed by atoms with Gasteiger partial charge in [-0.2, -0.15) is 0 Å². The third-order valence-corrected chi connectivity index (χ3v) is 8.62. The molecule has 9 nitrogen and oxygen atoms in total. The number of nitrogens with zero attached hydrogens (tertiary/aromatic N) is 1. The summed E-state index contributed by atoms with van der Waals surface area (Å²) in [6.45, 7) is 2.20. The number of halogens is 2. The average molecular weight is 594 g/mol. The van der Waals surface area contributed by atoms with E-state index in [9.17, 15) is 13.2 Å². The molecule has 3 aromatic carbocycles. The molecule has 0 saturated heterocycles. The molecule has 0 bridgehead atoms. The molecule has 3 heterocycles. The Balaban J connectivity index is 1.35. The monoisotopic (exact) mass is 593 g/mol. The summed E-state index contributed by atoms with van der Waals surface area (Å²) >= 11 is 0. The van der Waals surface area contributed by atoms with Gasteiger partial charge in [-0.1, -0.05) is 18.2 Å². The Hall–Kier alpha value is -4.71. The van der Waals surface area contributed by atoms with E-state index >= 15 is 8.78 Å². The summed E-state index contributed by atoms with van der Waals surface area (Å²) < 4.78 is 67.1. The summed E-state index contributed by atoms with van der Waals surface area (Å²) in [6, 6.07) is 11.9. The van der Waals surface area contributed by atoms with Crippen molar-refractivity contribution in [3.8, 4) is 28.6 Å². The molecule has 0 spiro atoms. The Morgan fingerprint density at radius 1 is 1.17 bits per heavy atom. The predicted molar refractivity (Wildman–Crippen MR) is 150 cm³/mol. The van der Waals surface area contributed by atoms with Gasteiger partial charge in [-0.05, 0) is 43.2 Å². The van der Waals surface area contributed by atoms with Crippen LogP contribution in [-0.2, 0) is 26.5 Å². The van der Waals surface area contributed by atoms with Crippen LogP contribution in [0.1, 0.15) is 30.2 Å². The summed E-state index contributed by atoms with van der Waals surface area (Å²) in [5.74, 6) is -2.11. The number of aromatic amines is 2. The van der Waals surface area contributed by atoms with E-state index in [0.29, 0.717) is 23.4 Å². The first-order valence-electron chi connectivity index (χ1n) is 13.0. The second kappa shape index (κ2) is 9.98. The van der Waals surface area contributed by atoms with Gasteiger partial charge in [0.05, 0.1) is 11.0 Å². The number of fused-ring (bicyclic) bond motifs is 2. The maximum Gasteiger partial charge on any atom is 0.303 e. The molecular formula is C30H25F2N3O6S. The Labute approximate surface area is 239 Å². The van der Waals surface area contributed by atoms with E-state index in [0.717, 1.165) is 29.5 Å². The third-order valence-electron chi connectivity index (χ3n) is 7.48. The fourth-order valence-electron chi connectivity index (χ4n) is 5.34. The number of hydrogen-bond donors (Lipinski definition) is 3. The molecule has 5 aromatic rings. The number of carbonyl (C=O) groups is 1. The maximum atomic E-state index is 15.1. The van der Waals surface area contributed by atoms with Gasteiger partial charge in [-0.15, -0.1) is 0 Å². The number of ether oxygens (including phenoxy) is 2. The number of aliphatic carboxylic acids is 1. The zero-order chi connectivity index (χ0) is 29.8. The highest BCUT2D eigenvalue weighted by Gasteiger charge is 2.40. The zero-order valence-corrected chi connectivity index (χ0v) is 23.3. The van der Waals surface area contributed by atoms with Crippen LogP contribution in [0.3, 0.4) is 0 Å². The second-order valence-electron chi connectivity index (χ2n) is 10.4. The maximum absolute atomic E-state index is 15.1. The van der Waals surface area contributed by atoms with Crippen LogP contribution >= 0.6 is 0 Å². The summed E-state index contributed by atoms with van der Waals surface area (Å²) in [7, 11) is -3.91. The molecule has 3 N–H and O–H groups in total. The molecule has 1 atom stereocenters. The summed E-state index contributed by atoms with van der Waals surface area (Å²) in [4.78, 5) is 21.1. The van der Waals surface area contributed by atoms with Gasteiger partial charge in [0.1, 0.15) is 34.6 Å². The molecule has 1 aliphatic heterocycles. The van der Waals surface area contributed by atoms with Gasteiger partial charge in [0.25, 0.3) is 0 Å². The topological polar surface area (TPSA) is 134 Å². The standard InChI is InChI=1S/C30H25F2N3O6S/c1-30(15-40-26-16(6-9-25(36)37)4-3-5-20(26)30)24-14-34-29(35-24)19-12-17(7-8-21(19)31)41-27-22(32)13-23-18(10-11-33-23)28(27)42(2,38)39/h3-5,7-8,10-14,33H,6,9,15H2,1-2H3,(H,34,35)(H,36,37)/t30-/m1/s1. The number of para-hydroxylation sites is 1. The lowest BCUT2D eigenvalue weighted by atomic mass is 9.81. The van der Waals surface area contributed by atoms with E-state index in [2.05, 4.69) is 15.0 Å². The van der Waals surface area contributed by atoms with Gasteiger partial charge in [0, 0.05) is 53.3 Å². The fraction of sp³-hybridized carbons (Fsp3) is 0.200. The lowest BCUT2D eigenvalue weighted by molar-refractivity contribution is -0.136. The molecule has 12 heteroatoms. The molecule has 0 amide bonds. The lowest BCUT2D eigenvalue weighted by Crippen LogP contribution is -2.25. The van der Waals surface area contributed by atoms with Crippen LogP contribution in [0.5, 0.6) is 17.2 Å². The normalized spacial score (nSPS) is 16.4. The minimum Gasteiger partial charge on any atom is -0.492 e. The Morgan fingerprint density at radius 3 is 2.74 bits per heavy atom. The van der Waals surface area contributed by atoms with Crippen LogP contribution in [0.15, 0.2) is 65.8 Å². The van der Waals surface area contributed by atoms with Crippen LogP contribution in [0.25, 0.3) is 22.3 Å². The molecule has 216 valence electrons. The molecule has 6 rings (SSSR count).